The number of thioether (sulfide) groups is 1. The van der Waals surface area contributed by atoms with Gasteiger partial charge in [-0.3, -0.25) is 9.36 Å². The first kappa shape index (κ1) is 20.5. The minimum atomic E-state index is 0.0857. The summed E-state index contributed by atoms with van der Waals surface area (Å²) in [6.45, 7) is 11.6. The average Bonchev–Trinajstić information content (AvgIpc) is 3.35. The van der Waals surface area contributed by atoms with E-state index in [0.717, 1.165) is 35.5 Å². The summed E-state index contributed by atoms with van der Waals surface area (Å²) in [7, 11) is 0. The van der Waals surface area contributed by atoms with Crippen molar-refractivity contribution in [1.29, 1.82) is 0 Å². The standard InChI is InChI=1S/C20H29N5O2S/c1-4-23(13-16(2)3)18(26)15-28-20-22-21-19(24-10-6-5-7-11-24)25(20)14-17-9-8-12-27-17/h8-9,12H,2,4-7,10-11,13-15H2,1,3H3. The lowest BCUT2D eigenvalue weighted by molar-refractivity contribution is -0.127. The number of carbonyl (C=O) groups is 1. The van der Waals surface area contributed by atoms with Crippen molar-refractivity contribution in [2.24, 2.45) is 0 Å². The summed E-state index contributed by atoms with van der Waals surface area (Å²) >= 11 is 1.43. The highest BCUT2D eigenvalue weighted by Gasteiger charge is 2.22. The molecule has 0 saturated carbocycles. The molecule has 2 aromatic rings. The predicted octanol–water partition coefficient (Wildman–Crippen LogP) is 3.43. The van der Waals surface area contributed by atoms with E-state index in [1.165, 1.54) is 31.0 Å². The van der Waals surface area contributed by atoms with Crippen molar-refractivity contribution in [1.82, 2.24) is 19.7 Å². The largest absolute Gasteiger partial charge is 0.467 e. The SMILES string of the molecule is C=C(C)CN(CC)C(=O)CSc1nnc(N2CCCCC2)n1Cc1ccco1. The van der Waals surface area contributed by atoms with E-state index < -0.39 is 0 Å². The Bertz CT molecular complexity index is 781. The molecule has 0 atom stereocenters. The van der Waals surface area contributed by atoms with Crippen LogP contribution in [0.1, 0.15) is 38.9 Å². The molecule has 0 aromatic carbocycles. The summed E-state index contributed by atoms with van der Waals surface area (Å²) in [5, 5.41) is 9.59. The number of furan rings is 1. The van der Waals surface area contributed by atoms with Gasteiger partial charge in [0, 0.05) is 26.2 Å². The van der Waals surface area contributed by atoms with Gasteiger partial charge in [-0.1, -0.05) is 23.9 Å². The third-order valence-electron chi connectivity index (χ3n) is 4.75. The van der Waals surface area contributed by atoms with E-state index >= 15 is 0 Å². The molecule has 7 nitrogen and oxygen atoms in total. The molecular formula is C20H29N5O2S. The van der Waals surface area contributed by atoms with Crippen LogP contribution in [0.2, 0.25) is 0 Å². The highest BCUT2D eigenvalue weighted by molar-refractivity contribution is 7.99. The molecule has 2 aromatic heterocycles. The number of carbonyl (C=O) groups excluding carboxylic acids is 1. The zero-order valence-electron chi connectivity index (χ0n) is 16.8. The van der Waals surface area contributed by atoms with Gasteiger partial charge in [-0.05, 0) is 45.2 Å². The van der Waals surface area contributed by atoms with Gasteiger partial charge in [0.05, 0.1) is 18.6 Å². The summed E-state index contributed by atoms with van der Waals surface area (Å²) in [6.07, 6.45) is 5.27. The number of hydrogen-bond donors (Lipinski definition) is 0. The van der Waals surface area contributed by atoms with Gasteiger partial charge in [0.25, 0.3) is 0 Å². The molecule has 3 rings (SSSR count). The van der Waals surface area contributed by atoms with E-state index in [4.69, 9.17) is 4.42 Å². The van der Waals surface area contributed by atoms with E-state index in [9.17, 15) is 4.79 Å². The van der Waals surface area contributed by atoms with E-state index in [-0.39, 0.29) is 5.91 Å². The maximum atomic E-state index is 12.6. The average molecular weight is 404 g/mol. The number of piperidine rings is 1. The summed E-state index contributed by atoms with van der Waals surface area (Å²) in [5.74, 6) is 2.13. The third kappa shape index (κ3) is 5.19. The maximum absolute atomic E-state index is 12.6. The Labute approximate surface area is 170 Å². The number of hydrogen-bond acceptors (Lipinski definition) is 6. The minimum absolute atomic E-state index is 0.0857. The molecule has 0 radical (unpaired) electrons. The van der Waals surface area contributed by atoms with Crippen molar-refractivity contribution in [2.75, 3.05) is 36.8 Å². The molecule has 1 amide bonds. The number of likely N-dealkylation sites (N-methyl/N-ethyl adjacent to an activating group) is 1. The summed E-state index contributed by atoms with van der Waals surface area (Å²) in [6, 6.07) is 3.83. The molecule has 0 spiro atoms. The second-order valence-electron chi connectivity index (χ2n) is 7.15. The van der Waals surface area contributed by atoms with Gasteiger partial charge in [-0.2, -0.15) is 0 Å². The van der Waals surface area contributed by atoms with Crippen LogP contribution in [0.15, 0.2) is 40.1 Å². The second-order valence-corrected chi connectivity index (χ2v) is 8.09. The molecule has 0 aliphatic carbocycles. The molecule has 152 valence electrons. The predicted molar refractivity (Wildman–Crippen MR) is 112 cm³/mol. The monoisotopic (exact) mass is 403 g/mol. The Morgan fingerprint density at radius 1 is 1.32 bits per heavy atom. The number of anilines is 1. The van der Waals surface area contributed by atoms with Crippen LogP contribution in [0.25, 0.3) is 0 Å². The quantitative estimate of drug-likeness (QED) is 0.472. The second kappa shape index (κ2) is 9.82. The highest BCUT2D eigenvalue weighted by Crippen LogP contribution is 2.26. The fourth-order valence-electron chi connectivity index (χ4n) is 3.33. The number of nitrogens with zero attached hydrogens (tertiary/aromatic N) is 5. The Balaban J connectivity index is 1.75. The first-order valence-corrected chi connectivity index (χ1v) is 10.8. The molecule has 1 fully saturated rings. The summed E-state index contributed by atoms with van der Waals surface area (Å²) in [4.78, 5) is 16.7. The number of aromatic nitrogens is 3. The number of amides is 1. The summed E-state index contributed by atoms with van der Waals surface area (Å²) < 4.78 is 7.61. The zero-order chi connectivity index (χ0) is 19.9. The maximum Gasteiger partial charge on any atom is 0.233 e. The molecule has 3 heterocycles. The topological polar surface area (TPSA) is 67.4 Å². The first-order chi connectivity index (χ1) is 13.6. The van der Waals surface area contributed by atoms with Crippen molar-refractivity contribution >= 4 is 23.6 Å². The third-order valence-corrected chi connectivity index (χ3v) is 5.70. The van der Waals surface area contributed by atoms with Crippen LogP contribution in [0, 0.1) is 0 Å². The molecule has 0 unspecified atom stereocenters. The molecule has 8 heteroatoms. The van der Waals surface area contributed by atoms with Crippen LogP contribution in [0.3, 0.4) is 0 Å². The van der Waals surface area contributed by atoms with Crippen LogP contribution in [0.4, 0.5) is 5.95 Å². The lowest BCUT2D eigenvalue weighted by atomic mass is 10.1. The molecule has 1 saturated heterocycles. The van der Waals surface area contributed by atoms with Crippen LogP contribution in [0.5, 0.6) is 0 Å². The fourth-order valence-corrected chi connectivity index (χ4v) is 4.17. The van der Waals surface area contributed by atoms with E-state index in [1.807, 2.05) is 30.9 Å². The van der Waals surface area contributed by atoms with Gasteiger partial charge in [0.15, 0.2) is 5.16 Å². The van der Waals surface area contributed by atoms with Crippen LogP contribution < -0.4 is 4.90 Å². The lowest BCUT2D eigenvalue weighted by Gasteiger charge is -2.27. The van der Waals surface area contributed by atoms with Gasteiger partial charge in [-0.25, -0.2) is 0 Å². The van der Waals surface area contributed by atoms with Gasteiger partial charge < -0.3 is 14.2 Å². The van der Waals surface area contributed by atoms with E-state index in [0.29, 0.717) is 25.4 Å². The smallest absolute Gasteiger partial charge is 0.233 e. The highest BCUT2D eigenvalue weighted by atomic mass is 32.2. The van der Waals surface area contributed by atoms with Crippen LogP contribution in [-0.4, -0.2) is 57.5 Å². The first-order valence-electron chi connectivity index (χ1n) is 9.84. The Kier molecular flexibility index (Phi) is 7.19. The Morgan fingerprint density at radius 2 is 2.11 bits per heavy atom. The van der Waals surface area contributed by atoms with Gasteiger partial charge in [-0.15, -0.1) is 10.2 Å². The molecule has 1 aliphatic rings. The normalized spacial score (nSPS) is 14.3. The van der Waals surface area contributed by atoms with Crippen molar-refractivity contribution < 1.29 is 9.21 Å². The van der Waals surface area contributed by atoms with Gasteiger partial charge >= 0.3 is 0 Å². The lowest BCUT2D eigenvalue weighted by Crippen LogP contribution is -2.33. The van der Waals surface area contributed by atoms with Crippen molar-refractivity contribution in [3.63, 3.8) is 0 Å². The fraction of sp³-hybridized carbons (Fsp3) is 0.550. The molecule has 1 aliphatic heterocycles. The Morgan fingerprint density at radius 3 is 2.75 bits per heavy atom. The van der Waals surface area contributed by atoms with E-state index in [1.54, 1.807) is 6.26 Å². The molecule has 28 heavy (non-hydrogen) atoms. The summed E-state index contributed by atoms with van der Waals surface area (Å²) in [5.41, 5.74) is 0.980. The molecule has 0 bridgehead atoms. The van der Waals surface area contributed by atoms with Crippen LogP contribution >= 0.6 is 11.8 Å². The molecular weight excluding hydrogens is 374 g/mol. The van der Waals surface area contributed by atoms with Crippen LogP contribution in [-0.2, 0) is 11.3 Å². The van der Waals surface area contributed by atoms with Crippen molar-refractivity contribution in [2.45, 2.75) is 44.8 Å². The molecule has 0 N–H and O–H groups in total. The zero-order valence-corrected chi connectivity index (χ0v) is 17.6. The van der Waals surface area contributed by atoms with E-state index in [2.05, 4.69) is 26.2 Å². The van der Waals surface area contributed by atoms with Gasteiger partial charge in [0.2, 0.25) is 11.9 Å². The van der Waals surface area contributed by atoms with Gasteiger partial charge in [0.1, 0.15) is 5.76 Å². The van der Waals surface area contributed by atoms with Crippen molar-refractivity contribution in [3.8, 4) is 0 Å². The Hall–Kier alpha value is -2.22. The minimum Gasteiger partial charge on any atom is -0.467 e. The number of rotatable bonds is 9. The van der Waals surface area contributed by atoms with Crippen molar-refractivity contribution in [3.05, 3.63) is 36.3 Å².